The highest BCUT2D eigenvalue weighted by Gasteiger charge is 2.20. The number of nitrogens with zero attached hydrogens (tertiary/aromatic N) is 1. The molecule has 1 aromatic carbocycles. The van der Waals surface area contributed by atoms with E-state index in [1.165, 1.54) is 6.07 Å². The molecular weight excluding hydrogens is 200 g/mol. The quantitative estimate of drug-likeness (QED) is 0.742. The number of halogens is 2. The zero-order valence-electron chi connectivity index (χ0n) is 8.17. The van der Waals surface area contributed by atoms with Crippen molar-refractivity contribution in [3.63, 3.8) is 0 Å². The first-order chi connectivity index (χ1) is 7.15. The number of rotatable bonds is 2. The molecule has 0 amide bonds. The van der Waals surface area contributed by atoms with Crippen LogP contribution in [0.5, 0.6) is 0 Å². The Morgan fingerprint density at radius 1 is 1.33 bits per heavy atom. The smallest absolute Gasteiger partial charge is 0.148 e. The van der Waals surface area contributed by atoms with Crippen LogP contribution < -0.4 is 0 Å². The fraction of sp³-hybridized carbons (Fsp3) is 0.364. The van der Waals surface area contributed by atoms with Gasteiger partial charge in [-0.25, -0.2) is 8.78 Å². The molecular formula is C11H11F2NO. The maximum Gasteiger partial charge on any atom is 0.148 e. The number of likely N-dealkylation sites (tertiary alicyclic amines) is 1. The van der Waals surface area contributed by atoms with Gasteiger partial charge in [-0.1, -0.05) is 0 Å². The van der Waals surface area contributed by atoms with Gasteiger partial charge in [0.05, 0.1) is 6.54 Å². The molecule has 0 saturated carbocycles. The molecule has 0 aliphatic carbocycles. The van der Waals surface area contributed by atoms with Crippen molar-refractivity contribution in [3.05, 3.63) is 35.4 Å². The molecule has 80 valence electrons. The predicted molar refractivity (Wildman–Crippen MR) is 51.3 cm³/mol. The van der Waals surface area contributed by atoms with Gasteiger partial charge in [-0.15, -0.1) is 0 Å². The standard InChI is InChI=1S/C11H11F2NO/c12-9-1-2-11(13)8(5-9)6-14-4-3-10(15)7-14/h1-2,5H,3-4,6-7H2. The van der Waals surface area contributed by atoms with E-state index in [2.05, 4.69) is 0 Å². The zero-order chi connectivity index (χ0) is 10.8. The van der Waals surface area contributed by atoms with Gasteiger partial charge in [-0.3, -0.25) is 9.69 Å². The molecule has 1 aliphatic heterocycles. The molecule has 1 aliphatic rings. The zero-order valence-corrected chi connectivity index (χ0v) is 8.17. The van der Waals surface area contributed by atoms with Crippen molar-refractivity contribution in [1.82, 2.24) is 4.90 Å². The van der Waals surface area contributed by atoms with Crippen molar-refractivity contribution in [1.29, 1.82) is 0 Å². The number of Topliss-reactive ketones (excluding diaryl/α,β-unsaturated/α-hetero) is 1. The van der Waals surface area contributed by atoms with Crippen LogP contribution in [0.25, 0.3) is 0 Å². The SMILES string of the molecule is O=C1CCN(Cc2cc(F)ccc2F)C1. The number of hydrogen-bond donors (Lipinski definition) is 0. The minimum Gasteiger partial charge on any atom is -0.298 e. The molecule has 0 unspecified atom stereocenters. The Kier molecular flexibility index (Phi) is 2.77. The lowest BCUT2D eigenvalue weighted by molar-refractivity contribution is -0.116. The average Bonchev–Trinajstić information content (AvgIpc) is 2.58. The molecule has 1 fully saturated rings. The third-order valence-corrected chi connectivity index (χ3v) is 2.51. The maximum atomic E-state index is 13.2. The molecule has 1 aromatic rings. The third-order valence-electron chi connectivity index (χ3n) is 2.51. The van der Waals surface area contributed by atoms with Crippen LogP contribution in [0, 0.1) is 11.6 Å². The molecule has 0 atom stereocenters. The van der Waals surface area contributed by atoms with Crippen LogP contribution >= 0.6 is 0 Å². The highest BCUT2D eigenvalue weighted by atomic mass is 19.1. The van der Waals surface area contributed by atoms with E-state index in [0.29, 0.717) is 31.6 Å². The van der Waals surface area contributed by atoms with E-state index in [4.69, 9.17) is 0 Å². The summed E-state index contributed by atoms with van der Waals surface area (Å²) in [5.41, 5.74) is 0.310. The van der Waals surface area contributed by atoms with Gasteiger partial charge in [-0.2, -0.15) is 0 Å². The van der Waals surface area contributed by atoms with Gasteiger partial charge >= 0.3 is 0 Å². The first kappa shape index (κ1) is 10.2. The lowest BCUT2D eigenvalue weighted by atomic mass is 10.2. The Morgan fingerprint density at radius 3 is 2.80 bits per heavy atom. The summed E-state index contributed by atoms with van der Waals surface area (Å²) >= 11 is 0. The number of carbonyl (C=O) groups is 1. The van der Waals surface area contributed by atoms with E-state index >= 15 is 0 Å². The van der Waals surface area contributed by atoms with Crippen molar-refractivity contribution in [2.24, 2.45) is 0 Å². The number of carbonyl (C=O) groups excluding carboxylic acids is 1. The Labute approximate surface area is 86.5 Å². The van der Waals surface area contributed by atoms with Gasteiger partial charge in [0.15, 0.2) is 0 Å². The average molecular weight is 211 g/mol. The maximum absolute atomic E-state index is 13.2. The van der Waals surface area contributed by atoms with E-state index in [0.717, 1.165) is 12.1 Å². The second kappa shape index (κ2) is 4.06. The third kappa shape index (κ3) is 2.39. The summed E-state index contributed by atoms with van der Waals surface area (Å²) in [6.45, 7) is 1.28. The molecule has 4 heteroatoms. The summed E-state index contributed by atoms with van der Waals surface area (Å²) in [5, 5.41) is 0. The molecule has 0 aromatic heterocycles. The lowest BCUT2D eigenvalue weighted by Crippen LogP contribution is -2.20. The van der Waals surface area contributed by atoms with Crippen LogP contribution in [-0.4, -0.2) is 23.8 Å². The van der Waals surface area contributed by atoms with Crippen LogP contribution in [0.2, 0.25) is 0 Å². The van der Waals surface area contributed by atoms with Crippen LogP contribution in [0.3, 0.4) is 0 Å². The van der Waals surface area contributed by atoms with Gasteiger partial charge in [0.1, 0.15) is 17.4 Å². The summed E-state index contributed by atoms with van der Waals surface area (Å²) < 4.78 is 26.1. The molecule has 2 rings (SSSR count). The fourth-order valence-corrected chi connectivity index (χ4v) is 1.73. The highest BCUT2D eigenvalue weighted by Crippen LogP contribution is 2.15. The van der Waals surface area contributed by atoms with E-state index in [1.54, 1.807) is 0 Å². The first-order valence-electron chi connectivity index (χ1n) is 4.83. The van der Waals surface area contributed by atoms with Crippen LogP contribution in [0.1, 0.15) is 12.0 Å². The van der Waals surface area contributed by atoms with Crippen LogP contribution in [0.15, 0.2) is 18.2 Å². The van der Waals surface area contributed by atoms with Gasteiger partial charge in [0, 0.05) is 25.1 Å². The summed E-state index contributed by atoms with van der Waals surface area (Å²) in [7, 11) is 0. The Bertz CT molecular complexity index is 392. The van der Waals surface area contributed by atoms with Gasteiger partial charge < -0.3 is 0 Å². The molecule has 1 saturated heterocycles. The number of hydrogen-bond acceptors (Lipinski definition) is 2. The summed E-state index contributed by atoms with van der Waals surface area (Å²) in [6.07, 6.45) is 0.511. The summed E-state index contributed by atoms with van der Waals surface area (Å²) in [5.74, 6) is -0.709. The van der Waals surface area contributed by atoms with Crippen molar-refractivity contribution < 1.29 is 13.6 Å². The number of ketones is 1. The van der Waals surface area contributed by atoms with E-state index < -0.39 is 11.6 Å². The van der Waals surface area contributed by atoms with Crippen molar-refractivity contribution in [2.75, 3.05) is 13.1 Å². The normalized spacial score (nSPS) is 17.3. The predicted octanol–water partition coefficient (Wildman–Crippen LogP) is 1.74. The fourth-order valence-electron chi connectivity index (χ4n) is 1.73. The second-order valence-corrected chi connectivity index (χ2v) is 3.74. The second-order valence-electron chi connectivity index (χ2n) is 3.74. The van der Waals surface area contributed by atoms with Gasteiger partial charge in [0.25, 0.3) is 0 Å². The van der Waals surface area contributed by atoms with Crippen molar-refractivity contribution >= 4 is 5.78 Å². The Morgan fingerprint density at radius 2 is 2.13 bits per heavy atom. The molecule has 0 radical (unpaired) electrons. The molecule has 1 heterocycles. The Balaban J connectivity index is 2.10. The van der Waals surface area contributed by atoms with Gasteiger partial charge in [-0.05, 0) is 18.2 Å². The monoisotopic (exact) mass is 211 g/mol. The summed E-state index contributed by atoms with van der Waals surface area (Å²) in [6, 6.07) is 3.38. The minimum atomic E-state index is -0.447. The summed E-state index contributed by atoms with van der Waals surface area (Å²) in [4.78, 5) is 12.8. The van der Waals surface area contributed by atoms with Crippen molar-refractivity contribution in [3.8, 4) is 0 Å². The first-order valence-corrected chi connectivity index (χ1v) is 4.83. The molecule has 0 spiro atoms. The van der Waals surface area contributed by atoms with Gasteiger partial charge in [0.2, 0.25) is 0 Å². The topological polar surface area (TPSA) is 20.3 Å². The molecule has 15 heavy (non-hydrogen) atoms. The largest absolute Gasteiger partial charge is 0.298 e. The van der Waals surface area contributed by atoms with Crippen LogP contribution in [0.4, 0.5) is 8.78 Å². The molecule has 0 bridgehead atoms. The molecule has 2 nitrogen and oxygen atoms in total. The molecule has 0 N–H and O–H groups in total. The van der Waals surface area contributed by atoms with Crippen molar-refractivity contribution in [2.45, 2.75) is 13.0 Å². The van der Waals surface area contributed by atoms with E-state index in [1.807, 2.05) is 4.90 Å². The minimum absolute atomic E-state index is 0.159. The Hall–Kier alpha value is -1.29. The van der Waals surface area contributed by atoms with E-state index in [-0.39, 0.29) is 5.78 Å². The van der Waals surface area contributed by atoms with E-state index in [9.17, 15) is 13.6 Å². The van der Waals surface area contributed by atoms with Crippen LogP contribution in [-0.2, 0) is 11.3 Å². The lowest BCUT2D eigenvalue weighted by Gasteiger charge is -2.13. The number of benzene rings is 1. The highest BCUT2D eigenvalue weighted by molar-refractivity contribution is 5.82.